The molecule has 0 aromatic heterocycles. The van der Waals surface area contributed by atoms with Crippen LogP contribution >= 0.6 is 0 Å². The van der Waals surface area contributed by atoms with Crippen LogP contribution < -0.4 is 0 Å². The van der Waals surface area contributed by atoms with E-state index in [9.17, 15) is 14.7 Å². The lowest BCUT2D eigenvalue weighted by Gasteiger charge is -2.46. The highest BCUT2D eigenvalue weighted by molar-refractivity contribution is 5.87. The molecule has 0 spiro atoms. The van der Waals surface area contributed by atoms with Gasteiger partial charge in [-0.25, -0.2) is 0 Å². The van der Waals surface area contributed by atoms with Crippen molar-refractivity contribution in [2.45, 2.75) is 53.6 Å². The molecule has 4 nitrogen and oxygen atoms in total. The molecule has 3 rings (SSSR count). The molecule has 0 radical (unpaired) electrons. The van der Waals surface area contributed by atoms with Gasteiger partial charge in [-0.1, -0.05) is 81.4 Å². The van der Waals surface area contributed by atoms with Gasteiger partial charge in [0.15, 0.2) is 0 Å². The second kappa shape index (κ2) is 7.66. The molecule has 0 heterocycles. The van der Waals surface area contributed by atoms with Crippen molar-refractivity contribution in [3.05, 3.63) is 71.8 Å². The Bertz CT molecular complexity index is 836. The summed E-state index contributed by atoms with van der Waals surface area (Å²) < 4.78 is 0. The number of rotatable bonds is 6. The monoisotopic (exact) mass is 393 g/mol. The summed E-state index contributed by atoms with van der Waals surface area (Å²) >= 11 is 0. The summed E-state index contributed by atoms with van der Waals surface area (Å²) in [6.07, 6.45) is 1.07. The minimum absolute atomic E-state index is 0.0279. The molecule has 1 aliphatic rings. The van der Waals surface area contributed by atoms with Gasteiger partial charge in [0.1, 0.15) is 0 Å². The Morgan fingerprint density at radius 1 is 0.793 bits per heavy atom. The first-order valence-electron chi connectivity index (χ1n) is 10.2. The van der Waals surface area contributed by atoms with Crippen molar-refractivity contribution in [2.24, 2.45) is 16.2 Å². The standard InChI is InChI=1S/C25H31NO3/c1-23(2)24(3,15-16-25(23,4)22(28)29)21(27)26(17-19-11-7-5-8-12-19)18-20-13-9-6-10-14-20/h5-14H,15-18H2,1-4H3,(H,28,29). The molecule has 2 atom stereocenters. The van der Waals surface area contributed by atoms with Crippen molar-refractivity contribution >= 4 is 11.9 Å². The Morgan fingerprint density at radius 3 is 1.59 bits per heavy atom. The Morgan fingerprint density at radius 2 is 1.21 bits per heavy atom. The number of aliphatic carboxylic acids is 1. The van der Waals surface area contributed by atoms with Gasteiger partial charge in [-0.15, -0.1) is 0 Å². The normalized spacial score (nSPS) is 25.5. The summed E-state index contributed by atoms with van der Waals surface area (Å²) in [6.45, 7) is 8.62. The zero-order valence-corrected chi connectivity index (χ0v) is 17.8. The van der Waals surface area contributed by atoms with Crippen molar-refractivity contribution in [3.8, 4) is 0 Å². The number of hydrogen-bond acceptors (Lipinski definition) is 2. The summed E-state index contributed by atoms with van der Waals surface area (Å²) in [5, 5.41) is 9.91. The van der Waals surface area contributed by atoms with E-state index in [1.165, 1.54) is 0 Å². The van der Waals surface area contributed by atoms with Crippen LogP contribution in [-0.4, -0.2) is 21.9 Å². The molecule has 29 heavy (non-hydrogen) atoms. The van der Waals surface area contributed by atoms with Crippen molar-refractivity contribution in [1.82, 2.24) is 4.90 Å². The quantitative estimate of drug-likeness (QED) is 0.740. The van der Waals surface area contributed by atoms with E-state index in [4.69, 9.17) is 0 Å². The van der Waals surface area contributed by atoms with Crippen LogP contribution in [0, 0.1) is 16.2 Å². The molecular weight excluding hydrogens is 362 g/mol. The second-order valence-corrected chi connectivity index (χ2v) is 9.23. The van der Waals surface area contributed by atoms with E-state index in [1.54, 1.807) is 6.92 Å². The van der Waals surface area contributed by atoms with Gasteiger partial charge in [-0.3, -0.25) is 9.59 Å². The van der Waals surface area contributed by atoms with Crippen LogP contribution in [0.2, 0.25) is 0 Å². The largest absolute Gasteiger partial charge is 0.481 e. The number of amides is 1. The third-order valence-electron chi connectivity index (χ3n) is 7.55. The van der Waals surface area contributed by atoms with Gasteiger partial charge in [-0.2, -0.15) is 0 Å². The number of carboxylic acid groups (broad SMARTS) is 1. The van der Waals surface area contributed by atoms with Gasteiger partial charge in [0, 0.05) is 13.1 Å². The van der Waals surface area contributed by atoms with E-state index >= 15 is 0 Å². The number of carbonyl (C=O) groups is 2. The molecule has 2 unspecified atom stereocenters. The van der Waals surface area contributed by atoms with Gasteiger partial charge in [-0.05, 0) is 36.3 Å². The summed E-state index contributed by atoms with van der Waals surface area (Å²) in [5.74, 6) is -0.795. The van der Waals surface area contributed by atoms with E-state index < -0.39 is 22.2 Å². The average Bonchev–Trinajstić information content (AvgIpc) is 2.90. The van der Waals surface area contributed by atoms with E-state index in [-0.39, 0.29) is 5.91 Å². The van der Waals surface area contributed by atoms with Crippen LogP contribution in [0.25, 0.3) is 0 Å². The number of nitrogens with zero attached hydrogens (tertiary/aromatic N) is 1. The zero-order valence-electron chi connectivity index (χ0n) is 17.8. The maximum absolute atomic E-state index is 13.9. The van der Waals surface area contributed by atoms with Crippen LogP contribution in [0.4, 0.5) is 0 Å². The summed E-state index contributed by atoms with van der Waals surface area (Å²) in [4.78, 5) is 27.9. The van der Waals surface area contributed by atoms with Gasteiger partial charge in [0.05, 0.1) is 10.8 Å². The molecule has 0 aliphatic heterocycles. The Hall–Kier alpha value is -2.62. The van der Waals surface area contributed by atoms with Crippen LogP contribution in [-0.2, 0) is 22.7 Å². The molecule has 1 aliphatic carbocycles. The maximum atomic E-state index is 13.9. The molecule has 1 amide bonds. The fourth-order valence-corrected chi connectivity index (χ4v) is 4.64. The van der Waals surface area contributed by atoms with E-state index in [0.29, 0.717) is 25.9 Å². The van der Waals surface area contributed by atoms with Crippen LogP contribution in [0.1, 0.15) is 51.7 Å². The van der Waals surface area contributed by atoms with Crippen molar-refractivity contribution in [1.29, 1.82) is 0 Å². The second-order valence-electron chi connectivity index (χ2n) is 9.23. The molecule has 0 saturated heterocycles. The maximum Gasteiger partial charge on any atom is 0.309 e. The van der Waals surface area contributed by atoms with Crippen molar-refractivity contribution in [3.63, 3.8) is 0 Å². The number of benzene rings is 2. The van der Waals surface area contributed by atoms with Gasteiger partial charge < -0.3 is 10.0 Å². The average molecular weight is 394 g/mol. The van der Waals surface area contributed by atoms with Gasteiger partial charge >= 0.3 is 5.97 Å². The first kappa shape index (κ1) is 21.1. The van der Waals surface area contributed by atoms with Gasteiger partial charge in [0.2, 0.25) is 5.91 Å². The van der Waals surface area contributed by atoms with E-state index in [0.717, 1.165) is 11.1 Å². The predicted octanol–water partition coefficient (Wildman–Crippen LogP) is 5.13. The molecular formula is C25H31NO3. The number of hydrogen-bond donors (Lipinski definition) is 1. The molecule has 2 aromatic rings. The SMILES string of the molecule is CC1(C(=O)O)CCC(C)(C(=O)N(Cc2ccccc2)Cc2ccccc2)C1(C)C. The third-order valence-corrected chi connectivity index (χ3v) is 7.55. The zero-order chi connectivity index (χ0) is 21.3. The smallest absolute Gasteiger partial charge is 0.309 e. The minimum atomic E-state index is -0.928. The van der Waals surface area contributed by atoms with Crippen LogP contribution in [0.15, 0.2) is 60.7 Å². The molecule has 4 heteroatoms. The highest BCUT2D eigenvalue weighted by atomic mass is 16.4. The van der Waals surface area contributed by atoms with Crippen LogP contribution in [0.3, 0.4) is 0 Å². The first-order chi connectivity index (χ1) is 13.6. The molecule has 154 valence electrons. The lowest BCUT2D eigenvalue weighted by Crippen LogP contribution is -2.52. The number of carbonyl (C=O) groups excluding carboxylic acids is 1. The Balaban J connectivity index is 1.96. The fourth-order valence-electron chi connectivity index (χ4n) is 4.64. The molecule has 1 N–H and O–H groups in total. The van der Waals surface area contributed by atoms with E-state index in [2.05, 4.69) is 0 Å². The van der Waals surface area contributed by atoms with E-state index in [1.807, 2.05) is 86.3 Å². The Labute approximate surface area is 173 Å². The summed E-state index contributed by atoms with van der Waals surface area (Å²) in [7, 11) is 0. The van der Waals surface area contributed by atoms with Crippen molar-refractivity contribution < 1.29 is 14.7 Å². The summed E-state index contributed by atoms with van der Waals surface area (Å²) in [6, 6.07) is 19.9. The lowest BCUT2D eigenvalue weighted by atomic mass is 9.59. The fraction of sp³-hybridized carbons (Fsp3) is 0.440. The topological polar surface area (TPSA) is 57.6 Å². The van der Waals surface area contributed by atoms with Gasteiger partial charge in [0.25, 0.3) is 0 Å². The highest BCUT2D eigenvalue weighted by Crippen LogP contribution is 2.63. The first-order valence-corrected chi connectivity index (χ1v) is 10.2. The lowest BCUT2D eigenvalue weighted by molar-refractivity contribution is -0.162. The van der Waals surface area contributed by atoms with Crippen molar-refractivity contribution in [2.75, 3.05) is 0 Å². The number of carboxylic acids is 1. The third kappa shape index (κ3) is 3.57. The minimum Gasteiger partial charge on any atom is -0.481 e. The van der Waals surface area contributed by atoms with Crippen LogP contribution in [0.5, 0.6) is 0 Å². The molecule has 0 bridgehead atoms. The summed E-state index contributed by atoms with van der Waals surface area (Å²) in [5.41, 5.74) is -0.213. The molecule has 2 aromatic carbocycles. The Kier molecular flexibility index (Phi) is 5.57. The molecule has 1 fully saturated rings. The predicted molar refractivity (Wildman–Crippen MR) is 114 cm³/mol. The highest BCUT2D eigenvalue weighted by Gasteiger charge is 2.65. The molecule has 1 saturated carbocycles.